The van der Waals surface area contributed by atoms with Crippen molar-refractivity contribution in [2.24, 2.45) is 0 Å². The second-order valence-corrected chi connectivity index (χ2v) is 5.36. The average molecular weight is 290 g/mol. The first kappa shape index (κ1) is 14.7. The van der Waals surface area contributed by atoms with Gasteiger partial charge in [0.1, 0.15) is 12.4 Å². The molecular formula is C17H20ClNO. The van der Waals surface area contributed by atoms with Crippen molar-refractivity contribution in [1.82, 2.24) is 0 Å². The van der Waals surface area contributed by atoms with E-state index >= 15 is 0 Å². The predicted molar refractivity (Wildman–Crippen MR) is 86.1 cm³/mol. The van der Waals surface area contributed by atoms with Gasteiger partial charge < -0.3 is 10.1 Å². The molecule has 0 saturated carbocycles. The van der Waals surface area contributed by atoms with Crippen molar-refractivity contribution in [3.05, 3.63) is 58.1 Å². The molecule has 2 aromatic carbocycles. The molecule has 0 unspecified atom stereocenters. The Hall–Kier alpha value is -1.67. The third-order valence-corrected chi connectivity index (χ3v) is 3.71. The maximum atomic E-state index is 5.99. The topological polar surface area (TPSA) is 21.3 Å². The molecule has 2 nitrogen and oxygen atoms in total. The van der Waals surface area contributed by atoms with E-state index < -0.39 is 0 Å². The highest BCUT2D eigenvalue weighted by Crippen LogP contribution is 2.21. The van der Waals surface area contributed by atoms with Crippen molar-refractivity contribution in [2.45, 2.75) is 20.8 Å². The molecule has 0 aliphatic carbocycles. The van der Waals surface area contributed by atoms with Crippen LogP contribution in [0.3, 0.4) is 0 Å². The van der Waals surface area contributed by atoms with Gasteiger partial charge in [0.15, 0.2) is 0 Å². The molecule has 0 aliphatic rings. The Kier molecular flexibility index (Phi) is 4.91. The highest BCUT2D eigenvalue weighted by molar-refractivity contribution is 6.31. The minimum absolute atomic E-state index is 0.620. The van der Waals surface area contributed by atoms with Crippen molar-refractivity contribution < 1.29 is 4.74 Å². The lowest BCUT2D eigenvalue weighted by molar-refractivity contribution is 0.332. The minimum atomic E-state index is 0.620. The average Bonchev–Trinajstić information content (AvgIpc) is 2.41. The Morgan fingerprint density at radius 1 is 1.00 bits per heavy atom. The molecule has 0 spiro atoms. The molecule has 0 atom stereocenters. The summed E-state index contributed by atoms with van der Waals surface area (Å²) in [6.07, 6.45) is 0. The number of rotatable bonds is 5. The molecule has 0 aromatic heterocycles. The third-order valence-electron chi connectivity index (χ3n) is 3.28. The largest absolute Gasteiger partial charge is 0.492 e. The van der Waals surface area contributed by atoms with Crippen LogP contribution in [0.2, 0.25) is 5.02 Å². The standard InChI is InChI=1S/C17H20ClNO/c1-12-5-4-6-13(2)17(12)19-9-10-20-15-7-8-16(18)14(3)11-15/h4-8,11,19H,9-10H2,1-3H3. The zero-order valence-electron chi connectivity index (χ0n) is 12.2. The number of aryl methyl sites for hydroxylation is 3. The summed E-state index contributed by atoms with van der Waals surface area (Å²) < 4.78 is 5.72. The number of benzene rings is 2. The minimum Gasteiger partial charge on any atom is -0.492 e. The molecule has 0 radical (unpaired) electrons. The van der Waals surface area contributed by atoms with Crippen LogP contribution in [0, 0.1) is 20.8 Å². The van der Waals surface area contributed by atoms with Crippen LogP contribution in [0.1, 0.15) is 16.7 Å². The number of anilines is 1. The van der Waals surface area contributed by atoms with Gasteiger partial charge in [0.05, 0.1) is 0 Å². The lowest BCUT2D eigenvalue weighted by atomic mass is 10.1. The molecule has 0 aliphatic heterocycles. The predicted octanol–water partition coefficient (Wildman–Crippen LogP) is 4.76. The Morgan fingerprint density at radius 3 is 2.35 bits per heavy atom. The van der Waals surface area contributed by atoms with Gasteiger partial charge in [0.2, 0.25) is 0 Å². The molecule has 2 aromatic rings. The number of halogens is 1. The highest BCUT2D eigenvalue weighted by atomic mass is 35.5. The van der Waals surface area contributed by atoms with E-state index in [-0.39, 0.29) is 0 Å². The number of nitrogens with one attached hydrogen (secondary N) is 1. The van der Waals surface area contributed by atoms with Crippen molar-refractivity contribution in [1.29, 1.82) is 0 Å². The molecular weight excluding hydrogens is 270 g/mol. The first-order valence-electron chi connectivity index (χ1n) is 6.77. The van der Waals surface area contributed by atoms with Crippen molar-refractivity contribution in [3.63, 3.8) is 0 Å². The molecule has 0 fully saturated rings. The fraction of sp³-hybridized carbons (Fsp3) is 0.294. The number of hydrogen-bond donors (Lipinski definition) is 1. The molecule has 0 saturated heterocycles. The van der Waals surface area contributed by atoms with Crippen molar-refractivity contribution in [3.8, 4) is 5.75 Å². The first-order valence-corrected chi connectivity index (χ1v) is 7.15. The number of ether oxygens (including phenoxy) is 1. The van der Waals surface area contributed by atoms with Gasteiger partial charge in [-0.2, -0.15) is 0 Å². The molecule has 20 heavy (non-hydrogen) atoms. The van der Waals surface area contributed by atoms with Gasteiger partial charge in [-0.15, -0.1) is 0 Å². The van der Waals surface area contributed by atoms with Crippen LogP contribution in [0.5, 0.6) is 5.75 Å². The Bertz CT molecular complexity index is 575. The van der Waals surface area contributed by atoms with Crippen LogP contribution in [0.25, 0.3) is 0 Å². The van der Waals surface area contributed by atoms with Gasteiger partial charge in [0.25, 0.3) is 0 Å². The van der Waals surface area contributed by atoms with Crippen LogP contribution in [-0.2, 0) is 0 Å². The fourth-order valence-electron chi connectivity index (χ4n) is 2.15. The molecule has 0 amide bonds. The molecule has 3 heteroatoms. The van der Waals surface area contributed by atoms with Crippen LogP contribution < -0.4 is 10.1 Å². The third kappa shape index (κ3) is 3.67. The molecule has 1 N–H and O–H groups in total. The second kappa shape index (κ2) is 6.67. The summed E-state index contributed by atoms with van der Waals surface area (Å²) in [5.41, 5.74) is 4.75. The lowest BCUT2D eigenvalue weighted by Gasteiger charge is -2.13. The van der Waals surface area contributed by atoms with E-state index in [2.05, 4.69) is 37.4 Å². The maximum Gasteiger partial charge on any atom is 0.119 e. The Morgan fingerprint density at radius 2 is 1.70 bits per heavy atom. The van der Waals surface area contributed by atoms with E-state index in [0.717, 1.165) is 22.9 Å². The smallest absolute Gasteiger partial charge is 0.119 e. The van der Waals surface area contributed by atoms with Crippen molar-refractivity contribution in [2.75, 3.05) is 18.5 Å². The molecule has 0 heterocycles. The maximum absolute atomic E-state index is 5.99. The normalized spacial score (nSPS) is 10.4. The van der Waals surface area contributed by atoms with E-state index in [1.165, 1.54) is 16.8 Å². The van der Waals surface area contributed by atoms with E-state index in [1.54, 1.807) is 0 Å². The highest BCUT2D eigenvalue weighted by Gasteiger charge is 2.01. The van der Waals surface area contributed by atoms with Gasteiger partial charge >= 0.3 is 0 Å². The molecule has 0 bridgehead atoms. The summed E-state index contributed by atoms with van der Waals surface area (Å²) in [5, 5.41) is 4.20. The van der Waals surface area contributed by atoms with Gasteiger partial charge in [0, 0.05) is 17.3 Å². The van der Waals surface area contributed by atoms with Crippen LogP contribution in [-0.4, -0.2) is 13.2 Å². The van der Waals surface area contributed by atoms with Crippen LogP contribution in [0.15, 0.2) is 36.4 Å². The number of para-hydroxylation sites is 1. The zero-order valence-corrected chi connectivity index (χ0v) is 12.9. The summed E-state index contributed by atoms with van der Waals surface area (Å²) in [7, 11) is 0. The quantitative estimate of drug-likeness (QED) is 0.802. The van der Waals surface area contributed by atoms with E-state index in [4.69, 9.17) is 16.3 Å². The van der Waals surface area contributed by atoms with Crippen LogP contribution in [0.4, 0.5) is 5.69 Å². The SMILES string of the molecule is Cc1cc(OCCNc2c(C)cccc2C)ccc1Cl. The Balaban J connectivity index is 1.86. The second-order valence-electron chi connectivity index (χ2n) is 4.95. The Labute approximate surface area is 125 Å². The summed E-state index contributed by atoms with van der Waals surface area (Å²) in [5.74, 6) is 0.857. The van der Waals surface area contributed by atoms with Crippen molar-refractivity contribution >= 4 is 17.3 Å². The lowest BCUT2D eigenvalue weighted by Crippen LogP contribution is -2.13. The summed E-state index contributed by atoms with van der Waals surface area (Å²) in [6, 6.07) is 12.0. The van der Waals surface area contributed by atoms with Gasteiger partial charge in [-0.25, -0.2) is 0 Å². The van der Waals surface area contributed by atoms with Gasteiger partial charge in [-0.05, 0) is 55.7 Å². The first-order chi connectivity index (χ1) is 9.58. The van der Waals surface area contributed by atoms with Gasteiger partial charge in [-0.3, -0.25) is 0 Å². The monoisotopic (exact) mass is 289 g/mol. The summed E-state index contributed by atoms with van der Waals surface area (Å²) >= 11 is 5.99. The molecule has 106 valence electrons. The zero-order chi connectivity index (χ0) is 14.5. The van der Waals surface area contributed by atoms with E-state index in [9.17, 15) is 0 Å². The summed E-state index contributed by atoms with van der Waals surface area (Å²) in [4.78, 5) is 0. The van der Waals surface area contributed by atoms with E-state index in [0.29, 0.717) is 6.61 Å². The van der Waals surface area contributed by atoms with Crippen LogP contribution >= 0.6 is 11.6 Å². The van der Waals surface area contributed by atoms with Gasteiger partial charge in [-0.1, -0.05) is 29.8 Å². The molecule has 2 rings (SSSR count). The summed E-state index contributed by atoms with van der Waals surface area (Å²) in [6.45, 7) is 7.59. The van der Waals surface area contributed by atoms with E-state index in [1.807, 2.05) is 25.1 Å². The number of hydrogen-bond acceptors (Lipinski definition) is 2. The fourth-order valence-corrected chi connectivity index (χ4v) is 2.26.